The molecule has 2 atom stereocenters. The van der Waals surface area contributed by atoms with Crippen molar-refractivity contribution < 1.29 is 23.8 Å². The molecule has 2 N–H and O–H groups in total. The number of methoxy groups -OCH3 is 1. The fourth-order valence-electron chi connectivity index (χ4n) is 4.27. The monoisotopic (exact) mass is 520 g/mol. The van der Waals surface area contributed by atoms with E-state index in [1.54, 1.807) is 22.6 Å². The molecule has 0 spiro atoms. The van der Waals surface area contributed by atoms with Crippen LogP contribution < -0.4 is 5.32 Å². The number of ether oxygens (including phenoxy) is 1. The first kappa shape index (κ1) is 30.1. The Kier molecular flexibility index (Phi) is 12.2. The summed E-state index contributed by atoms with van der Waals surface area (Å²) in [6.07, 6.45) is 1.96. The lowest BCUT2D eigenvalue weighted by molar-refractivity contribution is -0.142. The molecule has 1 saturated heterocycles. The van der Waals surface area contributed by atoms with Crippen LogP contribution in [0.5, 0.6) is 0 Å². The van der Waals surface area contributed by atoms with Crippen molar-refractivity contribution in [3.63, 3.8) is 0 Å². The maximum Gasteiger partial charge on any atom is 0.307 e. The molecule has 0 bridgehead atoms. The molecule has 1 amide bonds. The third-order valence-electron chi connectivity index (χ3n) is 5.82. The zero-order valence-corrected chi connectivity index (χ0v) is 21.5. The van der Waals surface area contributed by atoms with Gasteiger partial charge in [0.25, 0.3) is 5.91 Å². The van der Waals surface area contributed by atoms with Crippen LogP contribution in [0.4, 0.5) is 4.39 Å². The molecule has 1 aliphatic heterocycles. The number of benzene rings is 1. The summed E-state index contributed by atoms with van der Waals surface area (Å²) in [5.74, 6) is -1.57. The van der Waals surface area contributed by atoms with Crippen LogP contribution >= 0.6 is 24.8 Å². The first-order valence-corrected chi connectivity index (χ1v) is 11.2. The highest BCUT2D eigenvalue weighted by atomic mass is 35.5. The number of fused-ring (bicyclic) bond motifs is 1. The molecule has 192 valence electrons. The second-order valence-corrected chi connectivity index (χ2v) is 8.85. The van der Waals surface area contributed by atoms with Gasteiger partial charge in [-0.25, -0.2) is 9.37 Å². The average Bonchev–Trinajstić information content (AvgIpc) is 3.12. The van der Waals surface area contributed by atoms with Crippen molar-refractivity contribution in [1.82, 2.24) is 19.8 Å². The van der Waals surface area contributed by atoms with Crippen molar-refractivity contribution in [3.05, 3.63) is 29.8 Å². The lowest BCUT2D eigenvalue weighted by atomic mass is 9.94. The zero-order chi connectivity index (χ0) is 23.3. The minimum absolute atomic E-state index is 0. The number of hydrogen-bond acceptors (Lipinski definition) is 5. The number of carboxylic acids is 1. The van der Waals surface area contributed by atoms with Crippen LogP contribution in [0.3, 0.4) is 0 Å². The molecule has 11 heteroatoms. The Balaban J connectivity index is 0.00000289. The molecule has 0 unspecified atom stereocenters. The number of unbranched alkanes of at least 4 members (excludes halogenated alkanes) is 1. The van der Waals surface area contributed by atoms with Gasteiger partial charge in [-0.2, -0.15) is 0 Å². The van der Waals surface area contributed by atoms with Crippen LogP contribution in [-0.4, -0.2) is 70.8 Å². The van der Waals surface area contributed by atoms with E-state index in [1.165, 1.54) is 12.1 Å². The highest BCUT2D eigenvalue weighted by Gasteiger charge is 2.35. The maximum absolute atomic E-state index is 14.0. The molecule has 8 nitrogen and oxygen atoms in total. The normalized spacial score (nSPS) is 17.8. The van der Waals surface area contributed by atoms with E-state index in [0.717, 1.165) is 12.8 Å². The van der Waals surface area contributed by atoms with E-state index in [1.807, 2.05) is 13.8 Å². The Morgan fingerprint density at radius 1 is 1.29 bits per heavy atom. The number of rotatable bonds is 10. The molecule has 0 radical (unpaired) electrons. The summed E-state index contributed by atoms with van der Waals surface area (Å²) in [7, 11) is 1.64. The Bertz CT molecular complexity index is 956. The number of carbonyl (C=O) groups is 2. The number of hydrogen-bond donors (Lipinski definition) is 2. The van der Waals surface area contributed by atoms with Crippen molar-refractivity contribution in [2.45, 2.75) is 45.7 Å². The molecule has 34 heavy (non-hydrogen) atoms. The first-order chi connectivity index (χ1) is 15.3. The Labute approximate surface area is 212 Å². The molecule has 1 fully saturated rings. The van der Waals surface area contributed by atoms with Crippen molar-refractivity contribution in [1.29, 1.82) is 0 Å². The van der Waals surface area contributed by atoms with Crippen LogP contribution in [-0.2, 0) is 16.1 Å². The van der Waals surface area contributed by atoms with E-state index in [2.05, 4.69) is 10.3 Å². The van der Waals surface area contributed by atoms with Crippen LogP contribution in [0.15, 0.2) is 18.2 Å². The molecule has 2 aromatic rings. The predicted molar refractivity (Wildman–Crippen MR) is 134 cm³/mol. The fourth-order valence-corrected chi connectivity index (χ4v) is 4.27. The second kappa shape index (κ2) is 13.8. The van der Waals surface area contributed by atoms with Gasteiger partial charge >= 0.3 is 5.97 Å². The lowest BCUT2D eigenvalue weighted by Crippen LogP contribution is -2.53. The summed E-state index contributed by atoms with van der Waals surface area (Å²) in [6.45, 7) is 6.58. The molecular formula is C23H35Cl2FN4O4. The number of nitrogens with one attached hydrogen (secondary N) is 1. The number of aliphatic carboxylic acids is 1. The largest absolute Gasteiger partial charge is 0.481 e. The summed E-state index contributed by atoms with van der Waals surface area (Å²) >= 11 is 0. The Morgan fingerprint density at radius 2 is 2.03 bits per heavy atom. The van der Waals surface area contributed by atoms with E-state index in [-0.39, 0.29) is 54.3 Å². The van der Waals surface area contributed by atoms with Crippen LogP contribution in [0, 0.1) is 17.7 Å². The summed E-state index contributed by atoms with van der Waals surface area (Å²) < 4.78 is 20.9. The topological polar surface area (TPSA) is 96.7 Å². The molecule has 1 aromatic carbocycles. The number of carbonyl (C=O) groups excluding carboxylic acids is 1. The Hall–Kier alpha value is -1.94. The van der Waals surface area contributed by atoms with Gasteiger partial charge in [-0.1, -0.05) is 13.8 Å². The number of aryl methyl sites for hydroxylation is 1. The molecular weight excluding hydrogens is 486 g/mol. The standard InChI is InChI=1S/C23H33FN4O4.2ClH/c1-15(2)14-28(18-10-16(23(30)31)12-25-13-18)22(29)21-26-19-7-6-17(24)11-20(19)27(21)8-4-5-9-32-3;;/h6-7,11,15-16,18,25H,4-5,8-10,12-14H2,1-3H3,(H,30,31);2*1H/t16-,18+;;/m1../s1. The van der Waals surface area contributed by atoms with Crippen LogP contribution in [0.2, 0.25) is 0 Å². The van der Waals surface area contributed by atoms with Crippen molar-refractivity contribution in [2.75, 3.05) is 33.4 Å². The number of amides is 1. The SMILES string of the molecule is COCCCCn1c(C(=O)N(CC(C)C)[C@@H]2CNC[C@H](C(=O)O)C2)nc2ccc(F)cc21.Cl.Cl. The third kappa shape index (κ3) is 7.28. The van der Waals surface area contributed by atoms with Gasteiger partial charge in [0, 0.05) is 45.9 Å². The fraction of sp³-hybridized carbons (Fsp3) is 0.609. The number of imidazole rings is 1. The summed E-state index contributed by atoms with van der Waals surface area (Å²) in [6, 6.07) is 4.08. The van der Waals surface area contributed by atoms with Crippen molar-refractivity contribution >= 4 is 47.7 Å². The van der Waals surface area contributed by atoms with Gasteiger partial charge in [-0.15, -0.1) is 24.8 Å². The van der Waals surface area contributed by atoms with E-state index >= 15 is 0 Å². The zero-order valence-electron chi connectivity index (χ0n) is 19.8. The van der Waals surface area contributed by atoms with E-state index in [9.17, 15) is 19.1 Å². The van der Waals surface area contributed by atoms with E-state index in [4.69, 9.17) is 4.74 Å². The van der Waals surface area contributed by atoms with Crippen LogP contribution in [0.25, 0.3) is 11.0 Å². The molecule has 0 aliphatic carbocycles. The van der Waals surface area contributed by atoms with Gasteiger partial charge in [0.1, 0.15) is 5.82 Å². The van der Waals surface area contributed by atoms with Gasteiger partial charge in [-0.3, -0.25) is 9.59 Å². The van der Waals surface area contributed by atoms with Gasteiger partial charge in [0.05, 0.1) is 17.0 Å². The number of nitrogens with zero attached hydrogens (tertiary/aromatic N) is 3. The minimum atomic E-state index is -0.861. The average molecular weight is 521 g/mol. The van der Waals surface area contributed by atoms with E-state index in [0.29, 0.717) is 50.2 Å². The van der Waals surface area contributed by atoms with Crippen molar-refractivity contribution in [3.8, 4) is 0 Å². The van der Waals surface area contributed by atoms with Gasteiger partial charge < -0.3 is 24.6 Å². The lowest BCUT2D eigenvalue weighted by Gasteiger charge is -2.37. The van der Waals surface area contributed by atoms with Gasteiger partial charge in [-0.05, 0) is 43.4 Å². The molecule has 0 saturated carbocycles. The number of piperidine rings is 1. The second-order valence-electron chi connectivity index (χ2n) is 8.85. The third-order valence-corrected chi connectivity index (χ3v) is 5.82. The molecule has 1 aromatic heterocycles. The number of halogens is 3. The molecule has 1 aliphatic rings. The minimum Gasteiger partial charge on any atom is -0.481 e. The van der Waals surface area contributed by atoms with E-state index < -0.39 is 11.9 Å². The molecule has 3 rings (SSSR count). The quantitative estimate of drug-likeness (QED) is 0.464. The molecule has 2 heterocycles. The maximum atomic E-state index is 14.0. The Morgan fingerprint density at radius 3 is 2.68 bits per heavy atom. The smallest absolute Gasteiger partial charge is 0.307 e. The number of carboxylic acid groups (broad SMARTS) is 1. The summed E-state index contributed by atoms with van der Waals surface area (Å²) in [4.78, 5) is 31.6. The highest BCUT2D eigenvalue weighted by Crippen LogP contribution is 2.24. The van der Waals surface area contributed by atoms with Crippen molar-refractivity contribution in [2.24, 2.45) is 11.8 Å². The summed E-state index contributed by atoms with van der Waals surface area (Å²) in [5, 5.41) is 12.6. The van der Waals surface area contributed by atoms with Crippen LogP contribution in [0.1, 0.15) is 43.7 Å². The predicted octanol–water partition coefficient (Wildman–Crippen LogP) is 3.61. The first-order valence-electron chi connectivity index (χ1n) is 11.2. The summed E-state index contributed by atoms with van der Waals surface area (Å²) in [5.41, 5.74) is 1.15. The van der Waals surface area contributed by atoms with Gasteiger partial charge in [0.15, 0.2) is 5.82 Å². The number of aromatic nitrogens is 2. The highest BCUT2D eigenvalue weighted by molar-refractivity contribution is 5.95. The van der Waals surface area contributed by atoms with Gasteiger partial charge in [0.2, 0.25) is 0 Å².